The number of aliphatic hydroxyl groups excluding tert-OH is 1. The largest absolute Gasteiger partial charge is 0.466 e. The van der Waals surface area contributed by atoms with E-state index in [-0.39, 0.29) is 11.6 Å². The number of nitrogens with zero attached hydrogens (tertiary/aromatic N) is 1. The summed E-state index contributed by atoms with van der Waals surface area (Å²) in [5, 5.41) is 16.6. The Kier molecular flexibility index (Phi) is 4.08. The van der Waals surface area contributed by atoms with Crippen LogP contribution in [-0.4, -0.2) is 16.2 Å². The third-order valence-corrected chi connectivity index (χ3v) is 4.19. The van der Waals surface area contributed by atoms with Gasteiger partial charge in [-0.2, -0.15) is 0 Å². The molecule has 1 unspecified atom stereocenters. The molecule has 3 aromatic rings. The first-order valence-corrected chi connectivity index (χ1v) is 7.47. The van der Waals surface area contributed by atoms with Crippen LogP contribution in [0.1, 0.15) is 37.9 Å². The fraction of sp³-hybridized carbons (Fsp3) is 0.200. The normalized spacial score (nSPS) is 12.3. The molecule has 2 N–H and O–H groups in total. The van der Waals surface area contributed by atoms with Gasteiger partial charge < -0.3 is 19.4 Å². The quantitative estimate of drug-likeness (QED) is 0.755. The second kappa shape index (κ2) is 6.17. The van der Waals surface area contributed by atoms with E-state index in [1.807, 2.05) is 12.1 Å². The minimum absolute atomic E-state index is 0.255. The molecular formula is C15H14N2O4S. The Labute approximate surface area is 130 Å². The first-order chi connectivity index (χ1) is 10.6. The van der Waals surface area contributed by atoms with Gasteiger partial charge in [0, 0.05) is 15.8 Å². The summed E-state index contributed by atoms with van der Waals surface area (Å²) >= 11 is 1.41. The molecule has 3 aromatic heterocycles. The van der Waals surface area contributed by atoms with E-state index in [9.17, 15) is 9.90 Å². The standard InChI is InChI=1S/C15H14N2O4S/c1-9-7-11(17-21-9)15(19)16-8-10-4-5-13(22-10)14(18)12-3-2-6-20-12/h2-7,14,18H,8H2,1H3,(H,16,19). The molecule has 1 amide bonds. The van der Waals surface area contributed by atoms with Gasteiger partial charge in [0.25, 0.3) is 5.91 Å². The van der Waals surface area contributed by atoms with E-state index < -0.39 is 6.10 Å². The maximum absolute atomic E-state index is 11.9. The van der Waals surface area contributed by atoms with Gasteiger partial charge in [0.2, 0.25) is 0 Å². The summed E-state index contributed by atoms with van der Waals surface area (Å²) in [7, 11) is 0. The van der Waals surface area contributed by atoms with Crippen LogP contribution in [0.4, 0.5) is 0 Å². The highest BCUT2D eigenvalue weighted by molar-refractivity contribution is 7.12. The number of furan rings is 1. The number of thiophene rings is 1. The van der Waals surface area contributed by atoms with Crippen molar-refractivity contribution in [2.45, 2.75) is 19.6 Å². The van der Waals surface area contributed by atoms with Crippen molar-refractivity contribution in [3.8, 4) is 0 Å². The number of aromatic nitrogens is 1. The Bertz CT molecular complexity index is 760. The van der Waals surface area contributed by atoms with Crippen molar-refractivity contribution in [3.05, 3.63) is 63.6 Å². The van der Waals surface area contributed by atoms with Gasteiger partial charge in [-0.25, -0.2) is 0 Å². The number of hydrogen-bond donors (Lipinski definition) is 2. The predicted octanol–water partition coefficient (Wildman–Crippen LogP) is 2.65. The minimum atomic E-state index is -0.789. The SMILES string of the molecule is Cc1cc(C(=O)NCc2ccc(C(O)c3ccco3)s2)no1. The molecule has 0 radical (unpaired) electrons. The number of aliphatic hydroxyl groups is 1. The lowest BCUT2D eigenvalue weighted by molar-refractivity contribution is 0.0942. The molecule has 3 heterocycles. The first kappa shape index (κ1) is 14.6. The first-order valence-electron chi connectivity index (χ1n) is 6.65. The smallest absolute Gasteiger partial charge is 0.273 e. The second-order valence-electron chi connectivity index (χ2n) is 4.73. The summed E-state index contributed by atoms with van der Waals surface area (Å²) < 4.78 is 10.0. The van der Waals surface area contributed by atoms with E-state index >= 15 is 0 Å². The number of carbonyl (C=O) groups is 1. The molecule has 7 heteroatoms. The highest BCUT2D eigenvalue weighted by Crippen LogP contribution is 2.28. The average molecular weight is 318 g/mol. The number of nitrogens with one attached hydrogen (secondary N) is 1. The maximum atomic E-state index is 11.9. The van der Waals surface area contributed by atoms with Crippen LogP contribution < -0.4 is 5.32 Å². The fourth-order valence-electron chi connectivity index (χ4n) is 1.95. The zero-order valence-corrected chi connectivity index (χ0v) is 12.6. The van der Waals surface area contributed by atoms with Crippen molar-refractivity contribution in [3.63, 3.8) is 0 Å². The number of aryl methyl sites for hydroxylation is 1. The van der Waals surface area contributed by atoms with Crippen molar-refractivity contribution in [1.29, 1.82) is 0 Å². The Balaban J connectivity index is 1.61. The molecule has 3 rings (SSSR count). The van der Waals surface area contributed by atoms with Crippen LogP contribution in [-0.2, 0) is 6.54 Å². The third-order valence-electron chi connectivity index (χ3n) is 3.05. The molecule has 0 aliphatic heterocycles. The van der Waals surface area contributed by atoms with E-state index in [2.05, 4.69) is 10.5 Å². The topological polar surface area (TPSA) is 88.5 Å². The van der Waals surface area contributed by atoms with Crippen molar-refractivity contribution in [1.82, 2.24) is 10.5 Å². The van der Waals surface area contributed by atoms with Gasteiger partial charge in [-0.1, -0.05) is 5.16 Å². The fourth-order valence-corrected chi connectivity index (χ4v) is 2.90. The molecule has 0 fully saturated rings. The third kappa shape index (κ3) is 3.10. The van der Waals surface area contributed by atoms with E-state index in [0.29, 0.717) is 18.1 Å². The molecule has 114 valence electrons. The number of carbonyl (C=O) groups excluding carboxylic acids is 1. The predicted molar refractivity (Wildman–Crippen MR) is 79.5 cm³/mol. The molecule has 0 aliphatic carbocycles. The molecule has 0 spiro atoms. The second-order valence-corrected chi connectivity index (χ2v) is 5.93. The number of hydrogen-bond acceptors (Lipinski definition) is 6. The zero-order chi connectivity index (χ0) is 15.5. The van der Waals surface area contributed by atoms with Crippen LogP contribution in [0.25, 0.3) is 0 Å². The van der Waals surface area contributed by atoms with Crippen LogP contribution in [0.2, 0.25) is 0 Å². The molecule has 22 heavy (non-hydrogen) atoms. The molecule has 0 aromatic carbocycles. The summed E-state index contributed by atoms with van der Waals surface area (Å²) in [4.78, 5) is 13.6. The van der Waals surface area contributed by atoms with Crippen molar-refractivity contribution < 1.29 is 18.8 Å². The molecule has 0 saturated carbocycles. The Hall–Kier alpha value is -2.38. The summed E-state index contributed by atoms with van der Waals surface area (Å²) in [5.74, 6) is 0.791. The van der Waals surface area contributed by atoms with Crippen molar-refractivity contribution >= 4 is 17.2 Å². The monoisotopic (exact) mass is 318 g/mol. The molecule has 0 bridgehead atoms. The van der Waals surface area contributed by atoms with Crippen LogP contribution in [0.3, 0.4) is 0 Å². The van der Waals surface area contributed by atoms with Gasteiger partial charge in [0.15, 0.2) is 5.69 Å². The Morgan fingerprint density at radius 3 is 3.00 bits per heavy atom. The summed E-state index contributed by atoms with van der Waals surface area (Å²) in [6, 6.07) is 8.71. The van der Waals surface area contributed by atoms with Gasteiger partial charge in [-0.3, -0.25) is 4.79 Å². The van der Waals surface area contributed by atoms with Crippen LogP contribution in [0.15, 0.2) is 45.5 Å². The molecule has 6 nitrogen and oxygen atoms in total. The van der Waals surface area contributed by atoms with Gasteiger partial charge in [0.05, 0.1) is 12.8 Å². The highest BCUT2D eigenvalue weighted by Gasteiger charge is 2.16. The average Bonchev–Trinajstić information content (AvgIpc) is 3.25. The lowest BCUT2D eigenvalue weighted by Gasteiger charge is -2.04. The van der Waals surface area contributed by atoms with E-state index in [4.69, 9.17) is 8.94 Å². The summed E-state index contributed by atoms with van der Waals surface area (Å²) in [6.45, 7) is 2.09. The molecular weight excluding hydrogens is 304 g/mol. The number of rotatable bonds is 5. The van der Waals surface area contributed by atoms with Crippen molar-refractivity contribution in [2.75, 3.05) is 0 Å². The lowest BCUT2D eigenvalue weighted by Crippen LogP contribution is -2.22. The highest BCUT2D eigenvalue weighted by atomic mass is 32.1. The van der Waals surface area contributed by atoms with Crippen LogP contribution in [0, 0.1) is 6.92 Å². The molecule has 0 aliphatic rings. The zero-order valence-electron chi connectivity index (χ0n) is 11.8. The number of amides is 1. The summed E-state index contributed by atoms with van der Waals surface area (Å²) in [5.41, 5.74) is 0.255. The van der Waals surface area contributed by atoms with Crippen molar-refractivity contribution in [2.24, 2.45) is 0 Å². The van der Waals surface area contributed by atoms with Gasteiger partial charge in [-0.15, -0.1) is 11.3 Å². The Morgan fingerprint density at radius 2 is 2.32 bits per heavy atom. The lowest BCUT2D eigenvalue weighted by atomic mass is 10.2. The minimum Gasteiger partial charge on any atom is -0.466 e. The Morgan fingerprint density at radius 1 is 1.45 bits per heavy atom. The summed E-state index contributed by atoms with van der Waals surface area (Å²) in [6.07, 6.45) is 0.732. The van der Waals surface area contributed by atoms with E-state index in [1.54, 1.807) is 25.1 Å². The van der Waals surface area contributed by atoms with Gasteiger partial charge >= 0.3 is 0 Å². The molecule has 1 atom stereocenters. The van der Waals surface area contributed by atoms with E-state index in [1.165, 1.54) is 17.6 Å². The maximum Gasteiger partial charge on any atom is 0.273 e. The van der Waals surface area contributed by atoms with E-state index in [0.717, 1.165) is 9.75 Å². The van der Waals surface area contributed by atoms with Crippen LogP contribution >= 0.6 is 11.3 Å². The van der Waals surface area contributed by atoms with Gasteiger partial charge in [0.1, 0.15) is 17.6 Å². The molecule has 0 saturated heterocycles. The van der Waals surface area contributed by atoms with Crippen LogP contribution in [0.5, 0.6) is 0 Å². The van der Waals surface area contributed by atoms with Gasteiger partial charge in [-0.05, 0) is 31.2 Å².